The smallest absolute Gasteiger partial charge is 0.119 e. The highest BCUT2D eigenvalue weighted by molar-refractivity contribution is 5.40. The number of hydrogen-bond acceptors (Lipinski definition) is 3. The topological polar surface area (TPSA) is 60.0 Å². The Hall–Kier alpha value is -1.58. The molecule has 4 heteroatoms. The zero-order valence-electron chi connectivity index (χ0n) is 7.77. The van der Waals surface area contributed by atoms with E-state index in [2.05, 4.69) is 10.3 Å². The molecular formula is C9H13N3O. The van der Waals surface area contributed by atoms with Crippen LogP contribution in [0.2, 0.25) is 0 Å². The Balaban J connectivity index is 2.69. The minimum atomic E-state index is 0.182. The minimum Gasteiger partial charge on any atom is -0.491 e. The van der Waals surface area contributed by atoms with Crippen LogP contribution in [-0.2, 0) is 0 Å². The number of benzene rings is 1. The van der Waals surface area contributed by atoms with Crippen LogP contribution in [0.25, 0.3) is 0 Å². The highest BCUT2D eigenvalue weighted by Gasteiger charge is 1.96. The average molecular weight is 179 g/mol. The molecule has 0 aliphatic rings. The fourth-order valence-electron chi connectivity index (χ4n) is 0.930. The van der Waals surface area contributed by atoms with Gasteiger partial charge in [-0.1, -0.05) is 5.22 Å². The minimum absolute atomic E-state index is 0.182. The van der Waals surface area contributed by atoms with Crippen LogP contribution in [-0.4, -0.2) is 6.10 Å². The summed E-state index contributed by atoms with van der Waals surface area (Å²) in [4.78, 5) is 0. The van der Waals surface area contributed by atoms with Crippen LogP contribution in [0.4, 0.5) is 5.69 Å². The van der Waals surface area contributed by atoms with E-state index in [-0.39, 0.29) is 6.10 Å². The van der Waals surface area contributed by atoms with Gasteiger partial charge in [0.25, 0.3) is 0 Å². The molecule has 4 nitrogen and oxygen atoms in total. The molecule has 0 atom stereocenters. The third-order valence-electron chi connectivity index (χ3n) is 1.38. The van der Waals surface area contributed by atoms with Crippen LogP contribution >= 0.6 is 0 Å². The molecule has 0 unspecified atom stereocenters. The van der Waals surface area contributed by atoms with Crippen molar-refractivity contribution in [3.63, 3.8) is 0 Å². The third-order valence-corrected chi connectivity index (χ3v) is 1.38. The number of ether oxygens (including phenoxy) is 1. The lowest BCUT2D eigenvalue weighted by atomic mass is 10.3. The molecule has 70 valence electrons. The lowest BCUT2D eigenvalue weighted by Gasteiger charge is -2.08. The Bertz CT molecular complexity index is 279. The lowest BCUT2D eigenvalue weighted by molar-refractivity contribution is 0.242. The Morgan fingerprint density at radius 1 is 1.23 bits per heavy atom. The quantitative estimate of drug-likeness (QED) is 0.440. The number of rotatable bonds is 3. The molecule has 0 saturated carbocycles. The summed E-state index contributed by atoms with van der Waals surface area (Å²) in [6.07, 6.45) is 0.182. The molecular weight excluding hydrogens is 166 g/mol. The summed E-state index contributed by atoms with van der Waals surface area (Å²) in [5.74, 6) is 5.73. The zero-order chi connectivity index (χ0) is 9.68. The Morgan fingerprint density at radius 2 is 1.85 bits per heavy atom. The highest BCUT2D eigenvalue weighted by atomic mass is 16.5. The van der Waals surface area contributed by atoms with Crippen LogP contribution in [0, 0.1) is 0 Å². The molecule has 13 heavy (non-hydrogen) atoms. The predicted molar refractivity (Wildman–Crippen MR) is 50.9 cm³/mol. The maximum absolute atomic E-state index is 5.44. The molecule has 0 saturated heterocycles. The lowest BCUT2D eigenvalue weighted by Crippen LogP contribution is -2.04. The van der Waals surface area contributed by atoms with Gasteiger partial charge in [-0.15, -0.1) is 5.11 Å². The molecule has 2 N–H and O–H groups in total. The summed E-state index contributed by atoms with van der Waals surface area (Å²) >= 11 is 0. The number of nitrogens with zero attached hydrogens (tertiary/aromatic N) is 2. The van der Waals surface area contributed by atoms with Gasteiger partial charge in [-0.2, -0.15) is 0 Å². The molecule has 1 aromatic carbocycles. The molecule has 0 aliphatic heterocycles. The summed E-state index contributed by atoms with van der Waals surface area (Å²) < 4.78 is 5.44. The average Bonchev–Trinajstić information content (AvgIpc) is 2.08. The van der Waals surface area contributed by atoms with Crippen molar-refractivity contribution in [2.24, 2.45) is 16.2 Å². The molecule has 0 aliphatic carbocycles. The maximum atomic E-state index is 5.44. The van der Waals surface area contributed by atoms with Crippen LogP contribution in [0.5, 0.6) is 5.75 Å². The van der Waals surface area contributed by atoms with E-state index in [1.807, 2.05) is 26.0 Å². The summed E-state index contributed by atoms with van der Waals surface area (Å²) in [7, 11) is 0. The summed E-state index contributed by atoms with van der Waals surface area (Å²) in [6.45, 7) is 3.96. The van der Waals surface area contributed by atoms with Gasteiger partial charge in [0.15, 0.2) is 0 Å². The van der Waals surface area contributed by atoms with Gasteiger partial charge < -0.3 is 10.6 Å². The van der Waals surface area contributed by atoms with Gasteiger partial charge >= 0.3 is 0 Å². The van der Waals surface area contributed by atoms with E-state index >= 15 is 0 Å². The third kappa shape index (κ3) is 3.11. The second kappa shape index (κ2) is 4.45. The van der Waals surface area contributed by atoms with E-state index in [0.29, 0.717) is 0 Å². The number of nitrogens with two attached hydrogens (primary N) is 1. The van der Waals surface area contributed by atoms with Gasteiger partial charge in [-0.05, 0) is 38.1 Å². The standard InChI is InChI=1S/C9H13N3O/c1-7(2)13-9-5-3-8(4-6-9)11-12-10/h3-7H,1-2H3,(H2,10,11). The molecule has 0 aromatic heterocycles. The van der Waals surface area contributed by atoms with E-state index in [4.69, 9.17) is 10.6 Å². The normalized spacial score (nSPS) is 11.0. The molecule has 0 radical (unpaired) electrons. The van der Waals surface area contributed by atoms with E-state index in [1.165, 1.54) is 0 Å². The zero-order valence-corrected chi connectivity index (χ0v) is 7.77. The van der Waals surface area contributed by atoms with Crippen molar-refractivity contribution in [2.45, 2.75) is 20.0 Å². The van der Waals surface area contributed by atoms with Gasteiger partial charge in [0.1, 0.15) is 5.75 Å². The highest BCUT2D eigenvalue weighted by Crippen LogP contribution is 2.18. The number of hydrogen-bond donors (Lipinski definition) is 1. The van der Waals surface area contributed by atoms with Crippen molar-refractivity contribution in [1.29, 1.82) is 0 Å². The second-order valence-corrected chi connectivity index (χ2v) is 2.88. The van der Waals surface area contributed by atoms with Gasteiger partial charge in [0, 0.05) is 0 Å². The largest absolute Gasteiger partial charge is 0.491 e. The predicted octanol–water partition coefficient (Wildman–Crippen LogP) is 2.43. The maximum Gasteiger partial charge on any atom is 0.119 e. The molecule has 0 spiro atoms. The van der Waals surface area contributed by atoms with E-state index < -0.39 is 0 Å². The first-order valence-electron chi connectivity index (χ1n) is 4.10. The van der Waals surface area contributed by atoms with Crippen molar-refractivity contribution in [2.75, 3.05) is 0 Å². The van der Waals surface area contributed by atoms with Crippen LogP contribution in [0.3, 0.4) is 0 Å². The molecule has 0 heterocycles. The second-order valence-electron chi connectivity index (χ2n) is 2.88. The van der Waals surface area contributed by atoms with Crippen molar-refractivity contribution in [3.05, 3.63) is 24.3 Å². The van der Waals surface area contributed by atoms with Gasteiger partial charge in [-0.3, -0.25) is 0 Å². The summed E-state index contributed by atoms with van der Waals surface area (Å²) in [6, 6.07) is 7.27. The van der Waals surface area contributed by atoms with Gasteiger partial charge in [-0.25, -0.2) is 0 Å². The summed E-state index contributed by atoms with van der Waals surface area (Å²) in [5, 5.41) is 6.85. The Kier molecular flexibility index (Phi) is 3.25. The van der Waals surface area contributed by atoms with E-state index in [0.717, 1.165) is 11.4 Å². The van der Waals surface area contributed by atoms with E-state index in [1.54, 1.807) is 12.1 Å². The van der Waals surface area contributed by atoms with Gasteiger partial charge in [0.2, 0.25) is 0 Å². The first kappa shape index (κ1) is 9.51. The fraction of sp³-hybridized carbons (Fsp3) is 0.333. The Morgan fingerprint density at radius 3 is 2.31 bits per heavy atom. The molecule has 0 bridgehead atoms. The Labute approximate surface area is 77.4 Å². The van der Waals surface area contributed by atoms with Crippen LogP contribution in [0.15, 0.2) is 34.6 Å². The fourth-order valence-corrected chi connectivity index (χ4v) is 0.930. The molecule has 0 amide bonds. The van der Waals surface area contributed by atoms with Crippen molar-refractivity contribution >= 4 is 5.69 Å². The first-order chi connectivity index (χ1) is 6.22. The molecule has 1 aromatic rings. The SMILES string of the molecule is CC(C)Oc1ccc(N=NN)cc1. The molecule has 0 fully saturated rings. The molecule has 1 rings (SSSR count). The van der Waals surface area contributed by atoms with Crippen molar-refractivity contribution < 1.29 is 4.74 Å². The van der Waals surface area contributed by atoms with E-state index in [9.17, 15) is 0 Å². The van der Waals surface area contributed by atoms with Gasteiger partial charge in [0.05, 0.1) is 11.8 Å². The monoisotopic (exact) mass is 179 g/mol. The van der Waals surface area contributed by atoms with Crippen molar-refractivity contribution in [1.82, 2.24) is 0 Å². The van der Waals surface area contributed by atoms with Crippen molar-refractivity contribution in [3.8, 4) is 5.75 Å². The summed E-state index contributed by atoms with van der Waals surface area (Å²) in [5.41, 5.74) is 0.721. The first-order valence-corrected chi connectivity index (χ1v) is 4.10. The van der Waals surface area contributed by atoms with Crippen LogP contribution in [0.1, 0.15) is 13.8 Å². The van der Waals surface area contributed by atoms with Crippen LogP contribution < -0.4 is 10.6 Å².